The zero-order valence-electron chi connectivity index (χ0n) is 10.9. The second-order valence-electron chi connectivity index (χ2n) is 4.64. The van der Waals surface area contributed by atoms with Gasteiger partial charge >= 0.3 is 0 Å². The molecule has 0 saturated heterocycles. The highest BCUT2D eigenvalue weighted by Gasteiger charge is 2.18. The predicted octanol–water partition coefficient (Wildman–Crippen LogP) is 3.33. The van der Waals surface area contributed by atoms with Crippen LogP contribution in [0.3, 0.4) is 0 Å². The van der Waals surface area contributed by atoms with Crippen molar-refractivity contribution < 1.29 is 0 Å². The fraction of sp³-hybridized carbons (Fsp3) is 0.500. The van der Waals surface area contributed by atoms with Gasteiger partial charge in [0.05, 0.1) is 12.5 Å². The Morgan fingerprint density at radius 1 is 1.35 bits per heavy atom. The van der Waals surface area contributed by atoms with Crippen LogP contribution in [0.2, 0.25) is 0 Å². The largest absolute Gasteiger partial charge is 0.398 e. The molecule has 0 aliphatic heterocycles. The minimum atomic E-state index is 0.0973. The Morgan fingerprint density at radius 2 is 2.00 bits per heavy atom. The molecule has 1 aromatic carbocycles. The third-order valence-corrected chi connectivity index (χ3v) is 3.42. The highest BCUT2D eigenvalue weighted by molar-refractivity contribution is 5.58. The Labute approximate surface area is 104 Å². The van der Waals surface area contributed by atoms with Gasteiger partial charge in [-0.05, 0) is 43.5 Å². The summed E-state index contributed by atoms with van der Waals surface area (Å²) in [5.74, 6) is 0. The van der Waals surface area contributed by atoms with E-state index in [1.165, 1.54) is 0 Å². The molecule has 3 nitrogen and oxygen atoms in total. The van der Waals surface area contributed by atoms with Gasteiger partial charge in [-0.25, -0.2) is 0 Å². The molecule has 0 amide bonds. The highest BCUT2D eigenvalue weighted by atomic mass is 15.0. The van der Waals surface area contributed by atoms with Crippen molar-refractivity contribution in [1.29, 1.82) is 5.26 Å². The number of hydrogen-bond acceptors (Lipinski definition) is 3. The Kier molecular flexibility index (Phi) is 4.39. The Morgan fingerprint density at radius 3 is 2.53 bits per heavy atom. The summed E-state index contributed by atoms with van der Waals surface area (Å²) in [7, 11) is 0. The first-order valence-electron chi connectivity index (χ1n) is 6.08. The van der Waals surface area contributed by atoms with E-state index in [1.807, 2.05) is 18.2 Å². The van der Waals surface area contributed by atoms with Crippen LogP contribution in [-0.2, 0) is 6.42 Å². The van der Waals surface area contributed by atoms with Gasteiger partial charge < -0.3 is 11.1 Å². The molecule has 0 saturated carbocycles. The quantitative estimate of drug-likeness (QED) is 0.764. The van der Waals surface area contributed by atoms with Crippen molar-refractivity contribution in [2.45, 2.75) is 45.6 Å². The van der Waals surface area contributed by atoms with Gasteiger partial charge in [-0.2, -0.15) is 5.26 Å². The summed E-state index contributed by atoms with van der Waals surface area (Å²) in [6.45, 7) is 6.54. The zero-order chi connectivity index (χ0) is 12.9. The van der Waals surface area contributed by atoms with Gasteiger partial charge in [0.2, 0.25) is 0 Å². The van der Waals surface area contributed by atoms with E-state index in [9.17, 15) is 0 Å². The van der Waals surface area contributed by atoms with E-state index in [0.717, 1.165) is 24.1 Å². The number of anilines is 2. The Balaban J connectivity index is 2.93. The first-order chi connectivity index (χ1) is 8.04. The Hall–Kier alpha value is -1.69. The van der Waals surface area contributed by atoms with Crippen LogP contribution >= 0.6 is 0 Å². The average molecular weight is 231 g/mol. The van der Waals surface area contributed by atoms with Gasteiger partial charge in [-0.15, -0.1) is 0 Å². The molecular weight excluding hydrogens is 210 g/mol. The number of nitrogen functional groups attached to an aromatic ring is 1. The number of hydrogen-bond donors (Lipinski definition) is 2. The van der Waals surface area contributed by atoms with Gasteiger partial charge in [0.25, 0.3) is 0 Å². The number of nitrogens with zero attached hydrogens (tertiary/aromatic N) is 1. The second-order valence-corrected chi connectivity index (χ2v) is 4.64. The number of benzene rings is 1. The zero-order valence-corrected chi connectivity index (χ0v) is 10.9. The van der Waals surface area contributed by atoms with E-state index < -0.39 is 0 Å². The molecule has 0 radical (unpaired) electrons. The summed E-state index contributed by atoms with van der Waals surface area (Å²) in [6.07, 6.45) is 2.47. The third-order valence-electron chi connectivity index (χ3n) is 3.42. The van der Waals surface area contributed by atoms with E-state index in [-0.39, 0.29) is 5.54 Å². The van der Waals surface area contributed by atoms with Gasteiger partial charge in [-0.1, -0.05) is 13.8 Å². The minimum Gasteiger partial charge on any atom is -0.398 e. The predicted molar refractivity (Wildman–Crippen MR) is 72.8 cm³/mol. The molecule has 0 aliphatic rings. The molecule has 0 heterocycles. The van der Waals surface area contributed by atoms with Crippen molar-refractivity contribution in [1.82, 2.24) is 0 Å². The van der Waals surface area contributed by atoms with Crippen LogP contribution in [0, 0.1) is 11.3 Å². The lowest BCUT2D eigenvalue weighted by molar-refractivity contribution is 0.478. The first kappa shape index (κ1) is 13.4. The van der Waals surface area contributed by atoms with Crippen LogP contribution in [0.1, 0.15) is 39.2 Å². The summed E-state index contributed by atoms with van der Waals surface area (Å²) < 4.78 is 0. The standard InChI is InChI=1S/C14H21N3/c1-4-14(3,5-2)17-12-6-7-13(16)11(10-12)8-9-15/h6-7,10,17H,4-5,8,16H2,1-3H3. The summed E-state index contributed by atoms with van der Waals surface area (Å²) in [4.78, 5) is 0. The van der Waals surface area contributed by atoms with Gasteiger partial charge in [-0.3, -0.25) is 0 Å². The van der Waals surface area contributed by atoms with Crippen LogP contribution in [0.4, 0.5) is 11.4 Å². The summed E-state index contributed by atoms with van der Waals surface area (Å²) in [6, 6.07) is 7.94. The first-order valence-corrected chi connectivity index (χ1v) is 6.08. The monoisotopic (exact) mass is 231 g/mol. The van der Waals surface area contributed by atoms with Gasteiger partial charge in [0, 0.05) is 16.9 Å². The van der Waals surface area contributed by atoms with Crippen LogP contribution in [0.15, 0.2) is 18.2 Å². The van der Waals surface area contributed by atoms with E-state index >= 15 is 0 Å². The Bertz CT molecular complexity index is 414. The molecule has 3 N–H and O–H groups in total. The molecule has 92 valence electrons. The molecule has 0 fully saturated rings. The lowest BCUT2D eigenvalue weighted by atomic mass is 9.95. The normalized spacial score (nSPS) is 10.9. The molecule has 0 atom stereocenters. The molecule has 0 spiro atoms. The summed E-state index contributed by atoms with van der Waals surface area (Å²) >= 11 is 0. The van der Waals surface area contributed by atoms with Crippen LogP contribution in [0.5, 0.6) is 0 Å². The number of nitrogens with two attached hydrogens (primary N) is 1. The van der Waals surface area contributed by atoms with Crippen LogP contribution in [-0.4, -0.2) is 5.54 Å². The SMILES string of the molecule is CCC(C)(CC)Nc1ccc(N)c(CC#N)c1. The van der Waals surface area contributed by atoms with E-state index in [0.29, 0.717) is 12.1 Å². The molecular formula is C14H21N3. The van der Waals surface area contributed by atoms with Crippen molar-refractivity contribution in [3.63, 3.8) is 0 Å². The fourth-order valence-electron chi connectivity index (χ4n) is 1.70. The topological polar surface area (TPSA) is 61.8 Å². The maximum atomic E-state index is 8.73. The number of rotatable bonds is 5. The van der Waals surface area contributed by atoms with Crippen LogP contribution < -0.4 is 11.1 Å². The maximum Gasteiger partial charge on any atom is 0.0670 e. The molecule has 0 aliphatic carbocycles. The molecule has 1 aromatic rings. The maximum absolute atomic E-state index is 8.73. The molecule has 3 heteroatoms. The average Bonchev–Trinajstić information content (AvgIpc) is 2.33. The van der Waals surface area contributed by atoms with E-state index in [2.05, 4.69) is 32.2 Å². The van der Waals surface area contributed by atoms with Crippen molar-refractivity contribution >= 4 is 11.4 Å². The molecule has 17 heavy (non-hydrogen) atoms. The summed E-state index contributed by atoms with van der Waals surface area (Å²) in [5.41, 5.74) is 8.54. The van der Waals surface area contributed by atoms with E-state index in [4.69, 9.17) is 11.0 Å². The fourth-order valence-corrected chi connectivity index (χ4v) is 1.70. The smallest absolute Gasteiger partial charge is 0.0670 e. The number of nitrogens with one attached hydrogen (secondary N) is 1. The highest BCUT2D eigenvalue weighted by Crippen LogP contribution is 2.24. The minimum absolute atomic E-state index is 0.0973. The van der Waals surface area contributed by atoms with Gasteiger partial charge in [0.1, 0.15) is 0 Å². The molecule has 1 rings (SSSR count). The second kappa shape index (κ2) is 5.58. The molecule has 0 unspecified atom stereocenters. The van der Waals surface area contributed by atoms with E-state index in [1.54, 1.807) is 0 Å². The molecule has 0 bridgehead atoms. The van der Waals surface area contributed by atoms with Gasteiger partial charge in [0.15, 0.2) is 0 Å². The number of nitriles is 1. The van der Waals surface area contributed by atoms with Crippen molar-refractivity contribution in [2.75, 3.05) is 11.1 Å². The van der Waals surface area contributed by atoms with Crippen molar-refractivity contribution in [2.24, 2.45) is 0 Å². The molecule has 0 aromatic heterocycles. The lowest BCUT2D eigenvalue weighted by Gasteiger charge is -2.29. The van der Waals surface area contributed by atoms with Crippen LogP contribution in [0.25, 0.3) is 0 Å². The summed E-state index contributed by atoms with van der Waals surface area (Å²) in [5, 5.41) is 12.2. The third kappa shape index (κ3) is 3.39. The van der Waals surface area contributed by atoms with Crippen molar-refractivity contribution in [3.05, 3.63) is 23.8 Å². The van der Waals surface area contributed by atoms with Crippen molar-refractivity contribution in [3.8, 4) is 6.07 Å². The lowest BCUT2D eigenvalue weighted by Crippen LogP contribution is -2.32.